The highest BCUT2D eigenvalue weighted by Gasteiger charge is 2.31. The molecule has 9 heteroatoms. The first-order valence-corrected chi connectivity index (χ1v) is 9.60. The summed E-state index contributed by atoms with van der Waals surface area (Å²) in [4.78, 5) is 12.0. The second-order valence-electron chi connectivity index (χ2n) is 6.34. The summed E-state index contributed by atoms with van der Waals surface area (Å²) in [6.45, 7) is 0.0391. The molecule has 0 spiro atoms. The number of rotatable bonds is 4. The number of halogens is 2. The molecule has 0 aliphatic carbocycles. The third-order valence-electron chi connectivity index (χ3n) is 4.41. The molecule has 3 N–H and O–H groups in total. The predicted molar refractivity (Wildman–Crippen MR) is 104 cm³/mol. The zero-order valence-electron chi connectivity index (χ0n) is 14.1. The van der Waals surface area contributed by atoms with Gasteiger partial charge in [0.15, 0.2) is 5.65 Å². The van der Waals surface area contributed by atoms with Crippen LogP contribution in [0.5, 0.6) is 6.01 Å². The van der Waals surface area contributed by atoms with E-state index in [1.54, 1.807) is 6.07 Å². The van der Waals surface area contributed by atoms with E-state index in [1.807, 2.05) is 24.3 Å². The van der Waals surface area contributed by atoms with Gasteiger partial charge in [0.25, 0.3) is 6.01 Å². The molecule has 3 atom stereocenters. The van der Waals surface area contributed by atoms with E-state index in [2.05, 4.69) is 30.9 Å². The Balaban J connectivity index is 1.57. The Labute approximate surface area is 168 Å². The number of aliphatic hydroxyl groups is 2. The molecule has 27 heavy (non-hydrogen) atoms. The van der Waals surface area contributed by atoms with E-state index in [0.717, 1.165) is 10.0 Å². The normalized spacial score (nSPS) is 22.9. The lowest BCUT2D eigenvalue weighted by Gasteiger charge is -2.31. The van der Waals surface area contributed by atoms with Gasteiger partial charge in [-0.3, -0.25) is 0 Å². The molecule has 1 aliphatic rings. The highest BCUT2D eigenvalue weighted by atomic mass is 79.9. The smallest absolute Gasteiger partial charge is 0.296 e. The van der Waals surface area contributed by atoms with Gasteiger partial charge in [-0.25, -0.2) is 4.98 Å². The van der Waals surface area contributed by atoms with Crippen LogP contribution in [0.3, 0.4) is 0 Å². The molecule has 142 valence electrons. The maximum Gasteiger partial charge on any atom is 0.296 e. The Kier molecular flexibility index (Phi) is 5.34. The Morgan fingerprint density at radius 2 is 2.07 bits per heavy atom. The number of imidazole rings is 1. The number of pyridine rings is 1. The van der Waals surface area contributed by atoms with E-state index in [4.69, 9.17) is 26.2 Å². The van der Waals surface area contributed by atoms with Crippen molar-refractivity contribution in [1.82, 2.24) is 15.0 Å². The molecule has 1 aliphatic heterocycles. The summed E-state index contributed by atoms with van der Waals surface area (Å²) in [6, 6.07) is 9.73. The maximum absolute atomic E-state index is 9.95. The van der Waals surface area contributed by atoms with Crippen molar-refractivity contribution in [2.24, 2.45) is 0 Å². The third-order valence-corrected chi connectivity index (χ3v) is 5.23. The lowest BCUT2D eigenvalue weighted by atomic mass is 10.0. The summed E-state index contributed by atoms with van der Waals surface area (Å²) in [7, 11) is 0. The van der Waals surface area contributed by atoms with Crippen LogP contribution in [0.25, 0.3) is 22.4 Å². The number of aromatic nitrogens is 3. The minimum Gasteiger partial charge on any atom is -0.459 e. The van der Waals surface area contributed by atoms with E-state index in [1.165, 1.54) is 0 Å². The van der Waals surface area contributed by atoms with E-state index < -0.39 is 12.2 Å². The highest BCUT2D eigenvalue weighted by molar-refractivity contribution is 9.10. The number of aliphatic hydroxyl groups excluding tert-OH is 2. The van der Waals surface area contributed by atoms with Crippen molar-refractivity contribution in [3.63, 3.8) is 0 Å². The average molecular weight is 455 g/mol. The van der Waals surface area contributed by atoms with Crippen molar-refractivity contribution >= 4 is 38.7 Å². The summed E-state index contributed by atoms with van der Waals surface area (Å²) in [5, 5.41) is 19.6. The van der Waals surface area contributed by atoms with Crippen molar-refractivity contribution in [3.8, 4) is 17.3 Å². The van der Waals surface area contributed by atoms with Crippen LogP contribution >= 0.6 is 27.5 Å². The van der Waals surface area contributed by atoms with Gasteiger partial charge < -0.3 is 24.7 Å². The van der Waals surface area contributed by atoms with E-state index in [0.29, 0.717) is 28.3 Å². The molecule has 1 aromatic carbocycles. The lowest BCUT2D eigenvalue weighted by Crippen LogP contribution is -2.45. The standard InChI is InChI=1S/C18H17BrClN3O4/c19-10-3-1-9(2-4-10)16-12(20)6-13-17(22-16)23-18(21-13)27-11-5-14(25)15(7-24)26-8-11/h1-4,6,11,14-15,24-25H,5,7-8H2,(H,21,22,23). The summed E-state index contributed by atoms with van der Waals surface area (Å²) >= 11 is 9.80. The minimum absolute atomic E-state index is 0.222. The quantitative estimate of drug-likeness (QED) is 0.560. The van der Waals surface area contributed by atoms with Crippen molar-refractivity contribution in [3.05, 3.63) is 39.8 Å². The van der Waals surface area contributed by atoms with Crippen LogP contribution in [0.2, 0.25) is 5.02 Å². The number of H-pyrrole nitrogens is 1. The molecule has 3 heterocycles. The Hall–Kier alpha value is -1.71. The average Bonchev–Trinajstić information content (AvgIpc) is 3.03. The van der Waals surface area contributed by atoms with Gasteiger partial charge in [-0.1, -0.05) is 39.7 Å². The fraction of sp³-hybridized carbons (Fsp3) is 0.333. The molecular weight excluding hydrogens is 438 g/mol. The zero-order chi connectivity index (χ0) is 19.0. The van der Waals surface area contributed by atoms with Gasteiger partial charge >= 0.3 is 0 Å². The number of aromatic amines is 1. The molecule has 2 aromatic heterocycles. The van der Waals surface area contributed by atoms with E-state index >= 15 is 0 Å². The number of ether oxygens (including phenoxy) is 2. The van der Waals surface area contributed by atoms with Gasteiger partial charge in [0.05, 0.1) is 35.6 Å². The van der Waals surface area contributed by atoms with Crippen molar-refractivity contribution in [2.75, 3.05) is 13.2 Å². The fourth-order valence-electron chi connectivity index (χ4n) is 3.01. The molecule has 4 rings (SSSR count). The van der Waals surface area contributed by atoms with Crippen LogP contribution in [0, 0.1) is 0 Å². The second kappa shape index (κ2) is 7.73. The van der Waals surface area contributed by atoms with Crippen LogP contribution < -0.4 is 4.74 Å². The third kappa shape index (κ3) is 3.95. The van der Waals surface area contributed by atoms with Crippen LogP contribution in [0.15, 0.2) is 34.8 Å². The van der Waals surface area contributed by atoms with Gasteiger partial charge in [0, 0.05) is 16.5 Å². The number of nitrogens with zero attached hydrogens (tertiary/aromatic N) is 2. The van der Waals surface area contributed by atoms with Gasteiger partial charge in [0.2, 0.25) is 0 Å². The SMILES string of the molecule is OCC1OCC(Oc2nc3nc(-c4ccc(Br)cc4)c(Cl)cc3[nH]2)CC1O. The summed E-state index contributed by atoms with van der Waals surface area (Å²) < 4.78 is 12.2. The Morgan fingerprint density at radius 1 is 1.30 bits per heavy atom. The first-order valence-electron chi connectivity index (χ1n) is 8.43. The predicted octanol–water partition coefficient (Wildman–Crippen LogP) is 2.93. The molecular formula is C18H17BrClN3O4. The van der Waals surface area contributed by atoms with Crippen molar-refractivity contribution < 1.29 is 19.7 Å². The largest absolute Gasteiger partial charge is 0.459 e. The second-order valence-corrected chi connectivity index (χ2v) is 7.66. The monoisotopic (exact) mass is 453 g/mol. The zero-order valence-corrected chi connectivity index (χ0v) is 16.4. The van der Waals surface area contributed by atoms with Crippen LogP contribution in [-0.2, 0) is 4.74 Å². The number of hydrogen-bond donors (Lipinski definition) is 3. The molecule has 0 radical (unpaired) electrons. The first kappa shape index (κ1) is 18.6. The molecule has 1 fully saturated rings. The van der Waals surface area contributed by atoms with Crippen molar-refractivity contribution in [1.29, 1.82) is 0 Å². The molecule has 7 nitrogen and oxygen atoms in total. The topological polar surface area (TPSA) is 100 Å². The first-order chi connectivity index (χ1) is 13.0. The van der Waals surface area contributed by atoms with Gasteiger partial charge in [0.1, 0.15) is 12.2 Å². The number of benzene rings is 1. The number of fused-ring (bicyclic) bond motifs is 1. The molecule has 0 bridgehead atoms. The Bertz CT molecular complexity index is 950. The molecule has 1 saturated heterocycles. The van der Waals surface area contributed by atoms with Gasteiger partial charge in [-0.05, 0) is 18.2 Å². The van der Waals surface area contributed by atoms with Crippen LogP contribution in [0.4, 0.5) is 0 Å². The fourth-order valence-corrected chi connectivity index (χ4v) is 3.53. The summed E-state index contributed by atoms with van der Waals surface area (Å²) in [6.07, 6.45) is -1.38. The van der Waals surface area contributed by atoms with E-state index in [-0.39, 0.29) is 25.3 Å². The number of nitrogens with one attached hydrogen (secondary N) is 1. The van der Waals surface area contributed by atoms with E-state index in [9.17, 15) is 5.11 Å². The maximum atomic E-state index is 9.95. The van der Waals surface area contributed by atoms with Crippen LogP contribution in [-0.4, -0.2) is 56.7 Å². The van der Waals surface area contributed by atoms with Gasteiger partial charge in [-0.15, -0.1) is 0 Å². The summed E-state index contributed by atoms with van der Waals surface area (Å²) in [5.41, 5.74) is 2.66. The lowest BCUT2D eigenvalue weighted by molar-refractivity contribution is -0.131. The molecule has 0 saturated carbocycles. The van der Waals surface area contributed by atoms with Crippen LogP contribution in [0.1, 0.15) is 6.42 Å². The molecule has 3 unspecified atom stereocenters. The Morgan fingerprint density at radius 3 is 2.78 bits per heavy atom. The molecule has 3 aromatic rings. The molecule has 0 amide bonds. The summed E-state index contributed by atoms with van der Waals surface area (Å²) in [5.74, 6) is 0. The van der Waals surface area contributed by atoms with Crippen molar-refractivity contribution in [2.45, 2.75) is 24.7 Å². The highest BCUT2D eigenvalue weighted by Crippen LogP contribution is 2.30. The van der Waals surface area contributed by atoms with Gasteiger partial charge in [-0.2, -0.15) is 4.98 Å². The minimum atomic E-state index is -0.783. The number of hydrogen-bond acceptors (Lipinski definition) is 6.